The first kappa shape index (κ1) is 9.85. The number of hydrogen-bond acceptors (Lipinski definition) is 3. The third kappa shape index (κ3) is 2.62. The number of anilines is 1. The quantitative estimate of drug-likeness (QED) is 0.716. The first-order valence-electron chi connectivity index (χ1n) is 3.69. The number of benzene rings is 1. The molecule has 0 heterocycles. The van der Waals surface area contributed by atoms with Gasteiger partial charge in [-0.15, -0.1) is 0 Å². The summed E-state index contributed by atoms with van der Waals surface area (Å²) in [6, 6.07) is 5.13. The molecule has 1 rings (SSSR count). The summed E-state index contributed by atoms with van der Waals surface area (Å²) in [5, 5.41) is 0. The summed E-state index contributed by atoms with van der Waals surface area (Å²) in [5.41, 5.74) is 1.41. The molecule has 72 valence electrons. The number of nitrogens with one attached hydrogen (secondary N) is 1. The van der Waals surface area contributed by atoms with E-state index in [0.29, 0.717) is 11.4 Å². The maximum Gasteiger partial charge on any atom is 0.222 e. The second-order valence-electron chi connectivity index (χ2n) is 2.55. The molecule has 0 fully saturated rings. The molecule has 0 amide bonds. The molecule has 1 aromatic rings. The zero-order chi connectivity index (χ0) is 9.84. The first-order chi connectivity index (χ1) is 6.13. The molecule has 1 N–H and O–H groups in total. The van der Waals surface area contributed by atoms with E-state index in [9.17, 15) is 8.42 Å². The Morgan fingerprint density at radius 3 is 2.54 bits per heavy atom. The van der Waals surface area contributed by atoms with Crippen molar-refractivity contribution in [1.82, 2.24) is 0 Å². The van der Waals surface area contributed by atoms with Crippen LogP contribution in [-0.4, -0.2) is 15.5 Å². The Morgan fingerprint density at radius 1 is 1.38 bits per heavy atom. The molecule has 0 unspecified atom stereocenters. The van der Waals surface area contributed by atoms with Crippen LogP contribution in [-0.2, 0) is 10.9 Å². The van der Waals surface area contributed by atoms with E-state index in [4.69, 9.17) is 4.74 Å². The van der Waals surface area contributed by atoms with Crippen molar-refractivity contribution in [2.75, 3.05) is 11.8 Å². The topological polar surface area (TPSA) is 55.4 Å². The van der Waals surface area contributed by atoms with Gasteiger partial charge < -0.3 is 4.74 Å². The molecule has 1 aromatic carbocycles. The second-order valence-corrected chi connectivity index (χ2v) is 3.29. The molecule has 0 saturated heterocycles. The van der Waals surface area contributed by atoms with E-state index in [1.807, 2.05) is 6.92 Å². The van der Waals surface area contributed by atoms with Crippen LogP contribution in [0, 0.1) is 6.92 Å². The van der Waals surface area contributed by atoms with Crippen LogP contribution in [0.2, 0.25) is 0 Å². The number of thiol groups is 1. The third-order valence-corrected chi connectivity index (χ3v) is 2.07. The molecular formula is C8H11NO3S. The zero-order valence-electron chi connectivity index (χ0n) is 7.40. The molecule has 0 radical (unpaired) electrons. The molecule has 0 atom stereocenters. The summed E-state index contributed by atoms with van der Waals surface area (Å²) in [5.74, 6) is 0.712. The van der Waals surface area contributed by atoms with Crippen LogP contribution in [0.15, 0.2) is 18.2 Å². The molecule has 0 bridgehead atoms. The number of methoxy groups -OCH3 is 1. The summed E-state index contributed by atoms with van der Waals surface area (Å²) in [4.78, 5) is 0. The van der Waals surface area contributed by atoms with E-state index in [0.717, 1.165) is 5.56 Å². The average Bonchev–Trinajstić information content (AvgIpc) is 2.08. The fraction of sp³-hybridized carbons (Fsp3) is 0.250. The minimum absolute atomic E-state index is 0.580. The summed E-state index contributed by atoms with van der Waals surface area (Å²) >= 11 is 0. The minimum atomic E-state index is -2.60. The highest BCUT2D eigenvalue weighted by Gasteiger charge is 1.99. The van der Waals surface area contributed by atoms with E-state index in [1.165, 1.54) is 0 Å². The van der Waals surface area contributed by atoms with Crippen LogP contribution in [0.1, 0.15) is 5.56 Å². The van der Waals surface area contributed by atoms with Crippen LogP contribution in [0.3, 0.4) is 0 Å². The van der Waals surface area contributed by atoms with Gasteiger partial charge in [-0.25, -0.2) is 8.42 Å². The summed E-state index contributed by atoms with van der Waals surface area (Å²) in [6.45, 7) is 1.81. The fourth-order valence-corrected chi connectivity index (χ4v) is 1.43. The van der Waals surface area contributed by atoms with E-state index in [1.54, 1.807) is 25.3 Å². The van der Waals surface area contributed by atoms with Gasteiger partial charge >= 0.3 is 0 Å². The van der Waals surface area contributed by atoms with Crippen molar-refractivity contribution in [3.63, 3.8) is 0 Å². The Labute approximate surface area is 78.6 Å². The van der Waals surface area contributed by atoms with Crippen LogP contribution in [0.5, 0.6) is 5.75 Å². The molecular weight excluding hydrogens is 190 g/mol. The lowest BCUT2D eigenvalue weighted by Gasteiger charge is -2.05. The molecule has 0 spiro atoms. The van der Waals surface area contributed by atoms with Crippen molar-refractivity contribution < 1.29 is 13.2 Å². The van der Waals surface area contributed by atoms with Crippen LogP contribution >= 0.6 is 0 Å². The average molecular weight is 201 g/mol. The van der Waals surface area contributed by atoms with Crippen molar-refractivity contribution in [3.8, 4) is 5.75 Å². The van der Waals surface area contributed by atoms with Gasteiger partial charge in [0.15, 0.2) is 0 Å². The maximum atomic E-state index is 10.4. The van der Waals surface area contributed by atoms with Gasteiger partial charge in [-0.1, -0.05) is 0 Å². The molecule has 13 heavy (non-hydrogen) atoms. The molecule has 0 aliphatic carbocycles. The van der Waals surface area contributed by atoms with Crippen LogP contribution in [0.25, 0.3) is 0 Å². The lowest BCUT2D eigenvalue weighted by molar-refractivity contribution is 0.414. The number of hydrogen-bond donors (Lipinski definition) is 2. The Bertz CT molecular complexity index is 366. The van der Waals surface area contributed by atoms with E-state index >= 15 is 0 Å². The van der Waals surface area contributed by atoms with Crippen LogP contribution in [0.4, 0.5) is 5.69 Å². The first-order valence-corrected chi connectivity index (χ1v) is 4.87. The predicted molar refractivity (Wildman–Crippen MR) is 51.7 cm³/mol. The monoisotopic (exact) mass is 201 g/mol. The fourth-order valence-electron chi connectivity index (χ4n) is 0.987. The van der Waals surface area contributed by atoms with Gasteiger partial charge in [-0.3, -0.25) is 4.72 Å². The third-order valence-electron chi connectivity index (χ3n) is 1.65. The Balaban J connectivity index is 2.98. The number of ether oxygens (including phenoxy) is 1. The van der Waals surface area contributed by atoms with E-state index < -0.39 is 10.9 Å². The lowest BCUT2D eigenvalue weighted by Crippen LogP contribution is -1.97. The molecule has 0 aromatic heterocycles. The van der Waals surface area contributed by atoms with Gasteiger partial charge in [-0.05, 0) is 30.7 Å². The molecule has 0 aliphatic rings. The number of aryl methyl sites for hydroxylation is 1. The molecule has 5 heteroatoms. The van der Waals surface area contributed by atoms with Crippen molar-refractivity contribution in [3.05, 3.63) is 23.8 Å². The van der Waals surface area contributed by atoms with Gasteiger partial charge in [0.25, 0.3) is 0 Å². The Morgan fingerprint density at radius 2 is 2.08 bits per heavy atom. The Kier molecular flexibility index (Phi) is 3.13. The van der Waals surface area contributed by atoms with Crippen molar-refractivity contribution >= 4 is 16.6 Å². The number of rotatable bonds is 3. The highest BCUT2D eigenvalue weighted by atomic mass is 32.2. The van der Waals surface area contributed by atoms with Gasteiger partial charge in [-0.2, -0.15) is 0 Å². The standard InChI is InChI=1S/C8H11NO3S/c1-6-5-7(12-2)3-4-8(6)9-13(10)11/h3-5,13H,1-2H3,(H,9,10,11). The maximum absolute atomic E-state index is 10.4. The van der Waals surface area contributed by atoms with Gasteiger partial charge in [0.2, 0.25) is 10.9 Å². The highest BCUT2D eigenvalue weighted by molar-refractivity contribution is 7.73. The summed E-state index contributed by atoms with van der Waals surface area (Å²) in [7, 11) is -1.03. The minimum Gasteiger partial charge on any atom is -0.497 e. The van der Waals surface area contributed by atoms with Crippen molar-refractivity contribution in [2.45, 2.75) is 6.92 Å². The van der Waals surface area contributed by atoms with E-state index in [-0.39, 0.29) is 0 Å². The largest absolute Gasteiger partial charge is 0.497 e. The van der Waals surface area contributed by atoms with Gasteiger partial charge in [0.05, 0.1) is 12.8 Å². The highest BCUT2D eigenvalue weighted by Crippen LogP contribution is 2.20. The van der Waals surface area contributed by atoms with Crippen LogP contribution < -0.4 is 9.46 Å². The summed E-state index contributed by atoms with van der Waals surface area (Å²) < 4.78 is 28.0. The zero-order valence-corrected chi connectivity index (χ0v) is 8.30. The molecule has 0 saturated carbocycles. The predicted octanol–water partition coefficient (Wildman–Crippen LogP) is 0.942. The smallest absolute Gasteiger partial charge is 0.222 e. The Hall–Kier alpha value is -1.23. The lowest BCUT2D eigenvalue weighted by atomic mass is 10.2. The molecule has 0 aliphatic heterocycles. The normalized spacial score (nSPS) is 10.1. The van der Waals surface area contributed by atoms with E-state index in [2.05, 4.69) is 4.72 Å². The van der Waals surface area contributed by atoms with Crippen molar-refractivity contribution in [1.29, 1.82) is 0 Å². The van der Waals surface area contributed by atoms with Gasteiger partial charge in [0.1, 0.15) is 5.75 Å². The SMILES string of the molecule is COc1ccc(N[SH](=O)=O)c(C)c1. The molecule has 4 nitrogen and oxygen atoms in total. The van der Waals surface area contributed by atoms with Crippen molar-refractivity contribution in [2.24, 2.45) is 0 Å². The van der Waals surface area contributed by atoms with Gasteiger partial charge in [0, 0.05) is 0 Å². The second kappa shape index (κ2) is 4.13. The summed E-state index contributed by atoms with van der Waals surface area (Å²) in [6.07, 6.45) is 0.